The number of aryl methyl sites for hydroxylation is 1. The number of nitrogens with one attached hydrogen (secondary N) is 1. The van der Waals surface area contributed by atoms with Crippen molar-refractivity contribution in [2.75, 3.05) is 41.7 Å². The van der Waals surface area contributed by atoms with E-state index in [9.17, 15) is 10.5 Å². The van der Waals surface area contributed by atoms with Crippen LogP contribution in [-0.2, 0) is 18.4 Å². The van der Waals surface area contributed by atoms with Crippen LogP contribution < -0.4 is 25.6 Å². The Labute approximate surface area is 225 Å². The standard InChI is InChI=1S/C28H28N8OS/c29-10-20-23-22(38-24(20)31)8-9-28(23)15-36(16-28)26-21(11-30)25(35-12-18-6-7-19(13-35)32-18)33-27(34-26)37-14-17-4-2-1-3-5-17/h1-5,18-19,32H,6-9,12-16,31H2/t18-,19+. The van der Waals surface area contributed by atoms with Crippen molar-refractivity contribution in [3.63, 3.8) is 0 Å². The lowest BCUT2D eigenvalue weighted by atomic mass is 9.74. The lowest BCUT2D eigenvalue weighted by Crippen LogP contribution is -2.59. The van der Waals surface area contributed by atoms with Crippen molar-refractivity contribution >= 4 is 28.0 Å². The van der Waals surface area contributed by atoms with Gasteiger partial charge in [-0.2, -0.15) is 20.5 Å². The van der Waals surface area contributed by atoms with Crippen LogP contribution in [0.2, 0.25) is 0 Å². The number of nitrogens with two attached hydrogens (primary N) is 1. The summed E-state index contributed by atoms with van der Waals surface area (Å²) in [6.45, 7) is 3.37. The van der Waals surface area contributed by atoms with Gasteiger partial charge in [0, 0.05) is 48.6 Å². The number of nitriles is 2. The number of hydrogen-bond donors (Lipinski definition) is 2. The lowest BCUT2D eigenvalue weighted by molar-refractivity contribution is 0.278. The summed E-state index contributed by atoms with van der Waals surface area (Å²) < 4.78 is 6.11. The molecule has 2 atom stereocenters. The number of ether oxygens (including phenoxy) is 1. The van der Waals surface area contributed by atoms with Crippen LogP contribution in [0.3, 0.4) is 0 Å². The third-order valence-electron chi connectivity index (χ3n) is 8.46. The number of piperazine rings is 1. The molecular formula is C28H28N8OS. The van der Waals surface area contributed by atoms with Crippen LogP contribution >= 0.6 is 11.3 Å². The largest absolute Gasteiger partial charge is 0.458 e. The summed E-state index contributed by atoms with van der Waals surface area (Å²) in [5.41, 5.74) is 9.34. The van der Waals surface area contributed by atoms with Gasteiger partial charge in [0.2, 0.25) is 0 Å². The Balaban J connectivity index is 1.23. The van der Waals surface area contributed by atoms with E-state index in [2.05, 4.69) is 27.3 Å². The van der Waals surface area contributed by atoms with Gasteiger partial charge in [-0.3, -0.25) is 0 Å². The van der Waals surface area contributed by atoms with E-state index in [0.717, 1.165) is 49.9 Å². The normalized spacial score (nSPS) is 22.6. The van der Waals surface area contributed by atoms with Crippen LogP contribution in [-0.4, -0.2) is 48.2 Å². The average Bonchev–Trinajstić information content (AvgIpc) is 3.56. The Bertz CT molecular complexity index is 1470. The molecule has 1 spiro atoms. The molecular weight excluding hydrogens is 496 g/mol. The number of benzene rings is 1. The van der Waals surface area contributed by atoms with E-state index >= 15 is 0 Å². The molecule has 5 heterocycles. The Morgan fingerprint density at radius 3 is 2.39 bits per heavy atom. The van der Waals surface area contributed by atoms with Crippen molar-refractivity contribution in [2.24, 2.45) is 0 Å². The highest BCUT2D eigenvalue weighted by Gasteiger charge is 2.52. The van der Waals surface area contributed by atoms with Gasteiger partial charge in [0.15, 0.2) is 11.6 Å². The summed E-state index contributed by atoms with van der Waals surface area (Å²) in [6.07, 6.45) is 4.20. The molecule has 10 heteroatoms. The smallest absolute Gasteiger partial charge is 0.320 e. The fraction of sp³-hybridized carbons (Fsp3) is 0.429. The van der Waals surface area contributed by atoms with Crippen LogP contribution in [0.15, 0.2) is 30.3 Å². The van der Waals surface area contributed by atoms with Crippen molar-refractivity contribution in [3.05, 3.63) is 57.5 Å². The summed E-state index contributed by atoms with van der Waals surface area (Å²) in [4.78, 5) is 15.2. The zero-order chi connectivity index (χ0) is 25.9. The van der Waals surface area contributed by atoms with Crippen LogP contribution in [0.4, 0.5) is 16.6 Å². The first-order valence-corrected chi connectivity index (χ1v) is 13.9. The number of nitrogens with zero attached hydrogens (tertiary/aromatic N) is 6. The highest BCUT2D eigenvalue weighted by Crippen LogP contribution is 2.53. The third-order valence-corrected chi connectivity index (χ3v) is 9.54. The first-order valence-electron chi connectivity index (χ1n) is 13.1. The van der Waals surface area contributed by atoms with Crippen LogP contribution in [0.5, 0.6) is 6.01 Å². The Hall–Kier alpha value is -3.86. The molecule has 1 aromatic carbocycles. The van der Waals surface area contributed by atoms with Crippen molar-refractivity contribution in [1.82, 2.24) is 15.3 Å². The van der Waals surface area contributed by atoms with E-state index in [-0.39, 0.29) is 11.4 Å². The minimum atomic E-state index is -0.119. The molecule has 1 aliphatic carbocycles. The number of nitrogen functional groups attached to an aromatic ring is 1. The molecule has 192 valence electrons. The zero-order valence-corrected chi connectivity index (χ0v) is 21.8. The van der Waals surface area contributed by atoms with Crippen molar-refractivity contribution in [3.8, 4) is 18.1 Å². The fourth-order valence-electron chi connectivity index (χ4n) is 6.71. The maximum absolute atomic E-state index is 10.3. The molecule has 38 heavy (non-hydrogen) atoms. The number of hydrogen-bond acceptors (Lipinski definition) is 10. The van der Waals surface area contributed by atoms with Crippen molar-refractivity contribution in [2.45, 2.75) is 49.8 Å². The first kappa shape index (κ1) is 23.3. The minimum Gasteiger partial charge on any atom is -0.458 e. The summed E-state index contributed by atoms with van der Waals surface area (Å²) in [7, 11) is 0. The maximum atomic E-state index is 10.3. The van der Waals surface area contributed by atoms with E-state index in [4.69, 9.17) is 20.4 Å². The van der Waals surface area contributed by atoms with Crippen molar-refractivity contribution in [1.29, 1.82) is 10.5 Å². The topological polar surface area (TPSA) is 127 Å². The van der Waals surface area contributed by atoms with E-state index in [1.165, 1.54) is 4.88 Å². The number of thiophene rings is 1. The molecule has 2 aromatic heterocycles. The molecule has 4 aliphatic rings. The second-order valence-electron chi connectivity index (χ2n) is 10.8. The summed E-state index contributed by atoms with van der Waals surface area (Å²) in [5.74, 6) is 1.27. The van der Waals surface area contributed by atoms with E-state index in [0.29, 0.717) is 59.5 Å². The van der Waals surface area contributed by atoms with Gasteiger partial charge in [0.05, 0.1) is 5.56 Å². The molecule has 3 aliphatic heterocycles. The molecule has 0 radical (unpaired) electrons. The highest BCUT2D eigenvalue weighted by molar-refractivity contribution is 7.16. The molecule has 3 saturated heterocycles. The zero-order valence-electron chi connectivity index (χ0n) is 21.0. The molecule has 9 nitrogen and oxygen atoms in total. The van der Waals surface area contributed by atoms with E-state index < -0.39 is 0 Å². The quantitative estimate of drug-likeness (QED) is 0.517. The second-order valence-corrected chi connectivity index (χ2v) is 12.0. The SMILES string of the molecule is N#Cc1c(N2C[C@H]3CC[C@@H](C2)N3)nc(OCc2ccccc2)nc1N1CC2(CCc3sc(N)c(C#N)c32)C1. The van der Waals surface area contributed by atoms with Gasteiger partial charge in [-0.05, 0) is 36.8 Å². The number of fused-ring (bicyclic) bond motifs is 4. The molecule has 3 fully saturated rings. The van der Waals surface area contributed by atoms with Gasteiger partial charge in [-0.25, -0.2) is 0 Å². The highest BCUT2D eigenvalue weighted by atomic mass is 32.1. The van der Waals surface area contributed by atoms with Crippen LogP contribution in [0.1, 0.15) is 46.4 Å². The van der Waals surface area contributed by atoms with Gasteiger partial charge >= 0.3 is 6.01 Å². The molecule has 3 aromatic rings. The molecule has 0 amide bonds. The predicted molar refractivity (Wildman–Crippen MR) is 145 cm³/mol. The van der Waals surface area contributed by atoms with Crippen molar-refractivity contribution < 1.29 is 4.74 Å². The van der Waals surface area contributed by atoms with Gasteiger partial charge < -0.3 is 25.6 Å². The van der Waals surface area contributed by atoms with Gasteiger partial charge in [-0.15, -0.1) is 11.3 Å². The summed E-state index contributed by atoms with van der Waals surface area (Å²) >= 11 is 1.54. The monoisotopic (exact) mass is 524 g/mol. The minimum absolute atomic E-state index is 0.119. The number of anilines is 3. The Kier molecular flexibility index (Phi) is 5.43. The summed E-state index contributed by atoms with van der Waals surface area (Å²) in [6, 6.07) is 15.8. The van der Waals surface area contributed by atoms with Gasteiger partial charge in [-0.1, -0.05) is 30.3 Å². The van der Waals surface area contributed by atoms with E-state index in [1.807, 2.05) is 30.3 Å². The Morgan fingerprint density at radius 1 is 1.03 bits per heavy atom. The Morgan fingerprint density at radius 2 is 1.71 bits per heavy atom. The first-order chi connectivity index (χ1) is 18.6. The van der Waals surface area contributed by atoms with Gasteiger partial charge in [0.25, 0.3) is 0 Å². The van der Waals surface area contributed by atoms with E-state index in [1.54, 1.807) is 11.3 Å². The average molecular weight is 525 g/mol. The third kappa shape index (κ3) is 3.67. The number of aromatic nitrogens is 2. The predicted octanol–water partition coefficient (Wildman–Crippen LogP) is 3.09. The molecule has 0 saturated carbocycles. The van der Waals surface area contributed by atoms with Crippen LogP contribution in [0, 0.1) is 22.7 Å². The molecule has 2 bridgehead atoms. The molecule has 0 unspecified atom stereocenters. The second kappa shape index (κ2) is 8.87. The summed E-state index contributed by atoms with van der Waals surface area (Å²) in [5, 5.41) is 24.4. The van der Waals surface area contributed by atoms with Crippen LogP contribution in [0.25, 0.3) is 0 Å². The van der Waals surface area contributed by atoms with Gasteiger partial charge in [0.1, 0.15) is 29.3 Å². The number of rotatable bonds is 5. The maximum Gasteiger partial charge on any atom is 0.320 e. The lowest BCUT2D eigenvalue weighted by Gasteiger charge is -2.49. The molecule has 3 N–H and O–H groups in total. The molecule has 7 rings (SSSR count). The fourth-order valence-corrected chi connectivity index (χ4v) is 7.85.